The lowest BCUT2D eigenvalue weighted by Crippen LogP contribution is -2.59. The van der Waals surface area contributed by atoms with Gasteiger partial charge in [-0.05, 0) is 26.7 Å². The van der Waals surface area contributed by atoms with Gasteiger partial charge in [-0.2, -0.15) is 22.5 Å². The Morgan fingerprint density at radius 2 is 2.12 bits per heavy atom. The van der Waals surface area contributed by atoms with E-state index in [9.17, 15) is 13.2 Å². The number of carbonyl (C=O) groups excluding carboxylic acids is 1. The molecule has 3 rings (SSSR count). The topological polar surface area (TPSA) is 96.8 Å². The maximum Gasteiger partial charge on any atom is 0.280 e. The Hall–Kier alpha value is -1.49. The minimum absolute atomic E-state index is 0.166. The number of anilines is 1. The zero-order valence-electron chi connectivity index (χ0n) is 14.8. The first-order valence-corrected chi connectivity index (χ1v) is 9.93. The van der Waals surface area contributed by atoms with Crippen molar-refractivity contribution in [1.29, 1.82) is 0 Å². The number of rotatable bonds is 4. The number of nitrogens with one attached hydrogen (secondary N) is 1. The fourth-order valence-electron chi connectivity index (χ4n) is 3.30. The van der Waals surface area contributed by atoms with Crippen molar-refractivity contribution in [3.8, 4) is 0 Å². The van der Waals surface area contributed by atoms with Gasteiger partial charge < -0.3 is 4.74 Å². The maximum atomic E-state index is 12.8. The van der Waals surface area contributed by atoms with Crippen molar-refractivity contribution in [1.82, 2.24) is 18.8 Å². The van der Waals surface area contributed by atoms with E-state index in [2.05, 4.69) is 9.82 Å². The van der Waals surface area contributed by atoms with Gasteiger partial charge in [0.05, 0.1) is 18.9 Å². The summed E-state index contributed by atoms with van der Waals surface area (Å²) in [5, 5.41) is 4.08. The molecule has 0 spiro atoms. The SMILES string of the molecule is CC1CN(S(=O)(=O)NC2CCCN(c3ccnn3C)C2=O)C(C)CO1. The molecule has 140 valence electrons. The van der Waals surface area contributed by atoms with Crippen LogP contribution in [-0.4, -0.2) is 66.3 Å². The van der Waals surface area contributed by atoms with Crippen LogP contribution in [0.1, 0.15) is 26.7 Å². The largest absolute Gasteiger partial charge is 0.375 e. The molecule has 1 N–H and O–H groups in total. The minimum atomic E-state index is -3.77. The van der Waals surface area contributed by atoms with Crippen LogP contribution in [0.25, 0.3) is 0 Å². The van der Waals surface area contributed by atoms with E-state index in [0.717, 1.165) is 6.42 Å². The number of piperidine rings is 1. The summed E-state index contributed by atoms with van der Waals surface area (Å²) in [5.74, 6) is 0.426. The number of amides is 1. The normalized spacial score (nSPS) is 29.2. The van der Waals surface area contributed by atoms with Gasteiger partial charge in [-0.3, -0.25) is 14.4 Å². The Morgan fingerprint density at radius 1 is 1.36 bits per heavy atom. The number of ether oxygens (including phenoxy) is 1. The van der Waals surface area contributed by atoms with E-state index < -0.39 is 16.3 Å². The lowest BCUT2D eigenvalue weighted by atomic mass is 10.1. The van der Waals surface area contributed by atoms with Crippen molar-refractivity contribution in [2.24, 2.45) is 7.05 Å². The van der Waals surface area contributed by atoms with E-state index in [0.29, 0.717) is 25.4 Å². The molecule has 0 radical (unpaired) electrons. The number of hydrogen-bond acceptors (Lipinski definition) is 5. The van der Waals surface area contributed by atoms with Gasteiger partial charge in [0.2, 0.25) is 5.91 Å². The van der Waals surface area contributed by atoms with Gasteiger partial charge in [0, 0.05) is 32.2 Å². The van der Waals surface area contributed by atoms with Gasteiger partial charge in [0.15, 0.2) is 0 Å². The molecule has 3 heterocycles. The van der Waals surface area contributed by atoms with Gasteiger partial charge >= 0.3 is 0 Å². The highest BCUT2D eigenvalue weighted by Crippen LogP contribution is 2.22. The standard InChI is InChI=1S/C15H25N5O4S/c1-11-10-24-12(2)9-20(11)25(22,23)17-13-5-4-8-19(15(13)21)14-6-7-16-18(14)3/h6-7,11-13,17H,4-5,8-10H2,1-3H3. The third-order valence-corrected chi connectivity index (χ3v) is 6.37. The second kappa shape index (κ2) is 7.02. The molecule has 0 saturated carbocycles. The van der Waals surface area contributed by atoms with E-state index >= 15 is 0 Å². The van der Waals surface area contributed by atoms with Gasteiger partial charge in [-0.15, -0.1) is 0 Å². The first-order chi connectivity index (χ1) is 11.8. The Kier molecular flexibility index (Phi) is 5.14. The Morgan fingerprint density at radius 3 is 2.80 bits per heavy atom. The van der Waals surface area contributed by atoms with Crippen LogP contribution in [0.5, 0.6) is 0 Å². The van der Waals surface area contributed by atoms with Crippen molar-refractivity contribution in [3.63, 3.8) is 0 Å². The number of hydrogen-bond donors (Lipinski definition) is 1. The number of nitrogens with zero attached hydrogens (tertiary/aromatic N) is 4. The first-order valence-electron chi connectivity index (χ1n) is 8.49. The van der Waals surface area contributed by atoms with Crippen LogP contribution in [0, 0.1) is 0 Å². The average molecular weight is 371 g/mol. The number of aromatic nitrogens is 2. The summed E-state index contributed by atoms with van der Waals surface area (Å²) < 4.78 is 36.7. The zero-order valence-corrected chi connectivity index (χ0v) is 15.6. The van der Waals surface area contributed by atoms with E-state index in [-0.39, 0.29) is 24.6 Å². The van der Waals surface area contributed by atoms with E-state index in [1.807, 2.05) is 6.92 Å². The molecule has 2 saturated heterocycles. The van der Waals surface area contributed by atoms with E-state index in [4.69, 9.17) is 4.74 Å². The lowest BCUT2D eigenvalue weighted by Gasteiger charge is -2.38. The summed E-state index contributed by atoms with van der Waals surface area (Å²) in [7, 11) is -2.01. The van der Waals surface area contributed by atoms with Crippen LogP contribution in [0.3, 0.4) is 0 Å². The summed E-state index contributed by atoms with van der Waals surface area (Å²) >= 11 is 0. The molecule has 25 heavy (non-hydrogen) atoms. The molecular weight excluding hydrogens is 346 g/mol. The summed E-state index contributed by atoms with van der Waals surface area (Å²) in [5.41, 5.74) is 0. The third kappa shape index (κ3) is 3.71. The van der Waals surface area contributed by atoms with Crippen molar-refractivity contribution in [3.05, 3.63) is 12.3 Å². The van der Waals surface area contributed by atoms with Crippen LogP contribution in [-0.2, 0) is 26.8 Å². The van der Waals surface area contributed by atoms with Crippen molar-refractivity contribution in [2.45, 2.75) is 44.9 Å². The van der Waals surface area contributed by atoms with Gasteiger partial charge in [-0.25, -0.2) is 0 Å². The lowest BCUT2D eigenvalue weighted by molar-refractivity contribution is -0.121. The smallest absolute Gasteiger partial charge is 0.280 e. The van der Waals surface area contributed by atoms with E-state index in [1.54, 1.807) is 35.8 Å². The molecule has 1 amide bonds. The Balaban J connectivity index is 1.75. The highest BCUT2D eigenvalue weighted by atomic mass is 32.2. The second-order valence-corrected chi connectivity index (χ2v) is 8.34. The third-order valence-electron chi connectivity index (χ3n) is 4.66. The quantitative estimate of drug-likeness (QED) is 0.795. The highest BCUT2D eigenvalue weighted by Gasteiger charge is 2.38. The molecule has 1 aromatic rings. The molecular formula is C15H25N5O4S. The molecule has 3 unspecified atom stereocenters. The van der Waals surface area contributed by atoms with Gasteiger partial charge in [-0.1, -0.05) is 0 Å². The fraction of sp³-hybridized carbons (Fsp3) is 0.733. The molecule has 0 aromatic carbocycles. The molecule has 1 aromatic heterocycles. The molecule has 9 nitrogen and oxygen atoms in total. The molecule has 10 heteroatoms. The first kappa shape index (κ1) is 18.3. The van der Waals surface area contributed by atoms with Crippen LogP contribution in [0.15, 0.2) is 12.3 Å². The molecule has 3 atom stereocenters. The van der Waals surface area contributed by atoms with Crippen molar-refractivity contribution >= 4 is 21.9 Å². The Bertz CT molecular complexity index is 734. The summed E-state index contributed by atoms with van der Waals surface area (Å²) in [6.07, 6.45) is 2.66. The summed E-state index contributed by atoms with van der Waals surface area (Å²) in [6, 6.07) is 0.722. The maximum absolute atomic E-state index is 12.8. The molecule has 2 aliphatic heterocycles. The monoisotopic (exact) mass is 371 g/mol. The van der Waals surface area contributed by atoms with Crippen molar-refractivity contribution in [2.75, 3.05) is 24.6 Å². The number of morpholine rings is 1. The summed E-state index contributed by atoms with van der Waals surface area (Å²) in [6.45, 7) is 4.83. The number of aryl methyl sites for hydroxylation is 1. The molecule has 0 aliphatic carbocycles. The highest BCUT2D eigenvalue weighted by molar-refractivity contribution is 7.87. The van der Waals surface area contributed by atoms with Crippen molar-refractivity contribution < 1.29 is 17.9 Å². The van der Waals surface area contributed by atoms with Crippen LogP contribution in [0.4, 0.5) is 5.82 Å². The van der Waals surface area contributed by atoms with Crippen LogP contribution in [0.2, 0.25) is 0 Å². The minimum Gasteiger partial charge on any atom is -0.375 e. The van der Waals surface area contributed by atoms with Crippen LogP contribution < -0.4 is 9.62 Å². The second-order valence-electron chi connectivity index (χ2n) is 6.68. The fourth-order valence-corrected chi connectivity index (χ4v) is 4.95. The predicted molar refractivity (Wildman–Crippen MR) is 92.2 cm³/mol. The zero-order chi connectivity index (χ0) is 18.2. The predicted octanol–water partition coefficient (Wildman–Crippen LogP) is -0.141. The number of carbonyl (C=O) groups is 1. The van der Waals surface area contributed by atoms with Gasteiger partial charge in [0.1, 0.15) is 11.9 Å². The van der Waals surface area contributed by atoms with Gasteiger partial charge in [0.25, 0.3) is 10.2 Å². The Labute approximate surface area is 148 Å². The van der Waals surface area contributed by atoms with E-state index in [1.165, 1.54) is 4.31 Å². The average Bonchev–Trinajstić information content (AvgIpc) is 2.97. The molecule has 0 bridgehead atoms. The summed E-state index contributed by atoms with van der Waals surface area (Å²) in [4.78, 5) is 14.4. The molecule has 2 aliphatic rings. The van der Waals surface area contributed by atoms with Crippen LogP contribution >= 0.6 is 0 Å². The molecule has 2 fully saturated rings.